The number of thioether (sulfide) groups is 1. The van der Waals surface area contributed by atoms with Crippen molar-refractivity contribution in [3.05, 3.63) is 44.9 Å². The van der Waals surface area contributed by atoms with Gasteiger partial charge in [0.05, 0.1) is 5.75 Å². The average Bonchev–Trinajstić information content (AvgIpc) is 2.89. The van der Waals surface area contributed by atoms with E-state index in [1.165, 1.54) is 17.3 Å². The molecule has 1 N–H and O–H groups in total. The van der Waals surface area contributed by atoms with Crippen molar-refractivity contribution in [2.24, 2.45) is 0 Å². The summed E-state index contributed by atoms with van der Waals surface area (Å²) in [4.78, 5) is 24.3. The molecule has 0 saturated heterocycles. The summed E-state index contributed by atoms with van der Waals surface area (Å²) in [6.45, 7) is 7.07. The van der Waals surface area contributed by atoms with Crippen LogP contribution in [0.4, 0.5) is 0 Å². The molecule has 0 amide bonds. The van der Waals surface area contributed by atoms with Crippen LogP contribution in [-0.4, -0.2) is 40.0 Å². The van der Waals surface area contributed by atoms with Crippen LogP contribution in [0.15, 0.2) is 22.1 Å². The fraction of sp³-hybridized carbons (Fsp3) is 0.471. The molecule has 0 atom stereocenters. The molecule has 1 aromatic heterocycles. The minimum absolute atomic E-state index is 0.0412. The minimum atomic E-state index is -0.261. The van der Waals surface area contributed by atoms with E-state index in [9.17, 15) is 9.59 Å². The lowest BCUT2D eigenvalue weighted by Crippen LogP contribution is -2.19. The van der Waals surface area contributed by atoms with Crippen molar-refractivity contribution in [1.29, 1.82) is 0 Å². The summed E-state index contributed by atoms with van der Waals surface area (Å²) in [5.74, 6) is 0.289. The summed E-state index contributed by atoms with van der Waals surface area (Å²) in [6.07, 6.45) is 0.716. The number of ketones is 1. The number of hydrogen-bond donors (Lipinski definition) is 1. The number of nitrogens with one attached hydrogen (secondary N) is 1. The molecule has 1 heterocycles. The summed E-state index contributed by atoms with van der Waals surface area (Å²) < 4.78 is 6.55. The third-order valence-corrected chi connectivity index (χ3v) is 4.90. The standard InChI is InChI=1S/C17H23N3O3S/c1-11-8-13(3)14(9-12(11)2)15(21)10-24-17-19-18-16(22)20(17)6-5-7-23-4/h8-9H,5-7,10H2,1-4H3,(H,18,22). The predicted octanol–water partition coefficient (Wildman–Crippen LogP) is 2.51. The number of aromatic amines is 1. The first-order valence-electron chi connectivity index (χ1n) is 7.82. The highest BCUT2D eigenvalue weighted by Crippen LogP contribution is 2.20. The Morgan fingerprint density at radius 1 is 1.25 bits per heavy atom. The van der Waals surface area contributed by atoms with Gasteiger partial charge in [-0.15, -0.1) is 5.10 Å². The van der Waals surface area contributed by atoms with Gasteiger partial charge in [0.2, 0.25) is 0 Å². The fourth-order valence-corrected chi connectivity index (χ4v) is 3.30. The molecule has 0 radical (unpaired) electrons. The van der Waals surface area contributed by atoms with E-state index in [4.69, 9.17) is 4.74 Å². The van der Waals surface area contributed by atoms with Crippen LogP contribution >= 0.6 is 11.8 Å². The average molecular weight is 349 g/mol. The number of nitrogens with zero attached hydrogens (tertiary/aromatic N) is 2. The molecule has 1 aromatic carbocycles. The molecule has 6 nitrogen and oxygen atoms in total. The highest BCUT2D eigenvalue weighted by Gasteiger charge is 2.14. The molecule has 0 spiro atoms. The van der Waals surface area contributed by atoms with E-state index in [0.29, 0.717) is 24.7 Å². The Hall–Kier alpha value is -1.86. The maximum Gasteiger partial charge on any atom is 0.343 e. The van der Waals surface area contributed by atoms with Crippen molar-refractivity contribution in [2.75, 3.05) is 19.5 Å². The summed E-state index contributed by atoms with van der Waals surface area (Å²) >= 11 is 1.28. The molecule has 0 unspecified atom stereocenters. The number of aromatic nitrogens is 3. The Kier molecular flexibility index (Phi) is 6.39. The van der Waals surface area contributed by atoms with E-state index in [2.05, 4.69) is 10.2 Å². The molecule has 0 aliphatic heterocycles. The lowest BCUT2D eigenvalue weighted by atomic mass is 9.99. The van der Waals surface area contributed by atoms with Gasteiger partial charge < -0.3 is 4.74 Å². The second-order valence-electron chi connectivity index (χ2n) is 5.77. The van der Waals surface area contributed by atoms with E-state index in [0.717, 1.165) is 16.7 Å². The molecular formula is C17H23N3O3S. The van der Waals surface area contributed by atoms with Crippen LogP contribution in [-0.2, 0) is 11.3 Å². The first-order valence-corrected chi connectivity index (χ1v) is 8.80. The number of hydrogen-bond acceptors (Lipinski definition) is 5. The van der Waals surface area contributed by atoms with Crippen molar-refractivity contribution >= 4 is 17.5 Å². The monoisotopic (exact) mass is 349 g/mol. The number of H-pyrrole nitrogens is 1. The molecule has 0 aliphatic rings. The van der Waals surface area contributed by atoms with Crippen molar-refractivity contribution < 1.29 is 9.53 Å². The molecule has 0 fully saturated rings. The fourth-order valence-electron chi connectivity index (χ4n) is 2.45. The predicted molar refractivity (Wildman–Crippen MR) is 95.0 cm³/mol. The van der Waals surface area contributed by atoms with Crippen molar-refractivity contribution in [2.45, 2.75) is 38.9 Å². The first kappa shape index (κ1) is 18.5. The van der Waals surface area contributed by atoms with E-state index in [-0.39, 0.29) is 17.2 Å². The number of benzene rings is 1. The number of carbonyl (C=O) groups is 1. The van der Waals surface area contributed by atoms with E-state index in [1.807, 2.05) is 32.9 Å². The van der Waals surface area contributed by atoms with Crippen LogP contribution in [0.3, 0.4) is 0 Å². The summed E-state index contributed by atoms with van der Waals surface area (Å²) in [6, 6.07) is 3.96. The minimum Gasteiger partial charge on any atom is -0.385 e. The topological polar surface area (TPSA) is 77.0 Å². The van der Waals surface area contributed by atoms with Crippen LogP contribution in [0, 0.1) is 20.8 Å². The van der Waals surface area contributed by atoms with Gasteiger partial charge in [0.1, 0.15) is 0 Å². The Bertz CT molecular complexity index is 780. The van der Waals surface area contributed by atoms with E-state index in [1.54, 1.807) is 11.7 Å². The number of aryl methyl sites for hydroxylation is 3. The maximum absolute atomic E-state index is 12.5. The molecule has 0 saturated carbocycles. The largest absolute Gasteiger partial charge is 0.385 e. The zero-order valence-corrected chi connectivity index (χ0v) is 15.3. The highest BCUT2D eigenvalue weighted by molar-refractivity contribution is 7.99. The third-order valence-electron chi connectivity index (χ3n) is 3.93. The van der Waals surface area contributed by atoms with Crippen LogP contribution in [0.5, 0.6) is 0 Å². The smallest absolute Gasteiger partial charge is 0.343 e. The molecule has 130 valence electrons. The van der Waals surface area contributed by atoms with Crippen molar-refractivity contribution in [3.63, 3.8) is 0 Å². The van der Waals surface area contributed by atoms with Gasteiger partial charge in [-0.25, -0.2) is 9.89 Å². The Balaban J connectivity index is 2.07. The van der Waals surface area contributed by atoms with E-state index < -0.39 is 0 Å². The number of ether oxygens (including phenoxy) is 1. The quantitative estimate of drug-likeness (QED) is 0.450. The third kappa shape index (κ3) is 4.36. The van der Waals surface area contributed by atoms with Crippen molar-refractivity contribution in [3.8, 4) is 0 Å². The molecule has 7 heteroatoms. The SMILES string of the molecule is COCCCn1c(SCC(=O)c2cc(C)c(C)cc2C)n[nH]c1=O. The summed E-state index contributed by atoms with van der Waals surface area (Å²) in [7, 11) is 1.62. The second-order valence-corrected chi connectivity index (χ2v) is 6.72. The van der Waals surface area contributed by atoms with Gasteiger partial charge >= 0.3 is 5.69 Å². The van der Waals surface area contributed by atoms with Crippen LogP contribution in [0.1, 0.15) is 33.5 Å². The zero-order valence-electron chi connectivity index (χ0n) is 14.5. The van der Waals surface area contributed by atoms with Crippen LogP contribution in [0.25, 0.3) is 0 Å². The number of Topliss-reactive ketones (excluding diaryl/α,β-unsaturated/α-hetero) is 1. The number of methoxy groups -OCH3 is 1. The van der Waals surface area contributed by atoms with Crippen molar-refractivity contribution in [1.82, 2.24) is 14.8 Å². The molecule has 2 aromatic rings. The van der Waals surface area contributed by atoms with Gasteiger partial charge in [0, 0.05) is 25.8 Å². The van der Waals surface area contributed by atoms with Gasteiger partial charge in [-0.1, -0.05) is 17.8 Å². The normalized spacial score (nSPS) is 11.0. The van der Waals surface area contributed by atoms with Crippen LogP contribution in [0.2, 0.25) is 0 Å². The maximum atomic E-state index is 12.5. The molecule has 2 rings (SSSR count). The molecular weight excluding hydrogens is 326 g/mol. The Labute approximate surface area is 145 Å². The highest BCUT2D eigenvalue weighted by atomic mass is 32.2. The first-order chi connectivity index (χ1) is 11.4. The van der Waals surface area contributed by atoms with Gasteiger partial charge in [-0.05, 0) is 49.9 Å². The lowest BCUT2D eigenvalue weighted by molar-refractivity contribution is 0.102. The lowest BCUT2D eigenvalue weighted by Gasteiger charge is -2.09. The van der Waals surface area contributed by atoms with Gasteiger partial charge in [-0.2, -0.15) is 0 Å². The van der Waals surface area contributed by atoms with Gasteiger partial charge in [0.25, 0.3) is 0 Å². The summed E-state index contributed by atoms with van der Waals surface area (Å²) in [5.41, 5.74) is 3.72. The molecule has 24 heavy (non-hydrogen) atoms. The Morgan fingerprint density at radius 2 is 1.96 bits per heavy atom. The molecule has 0 aliphatic carbocycles. The second kappa shape index (κ2) is 8.30. The summed E-state index contributed by atoms with van der Waals surface area (Å²) in [5, 5.41) is 6.98. The van der Waals surface area contributed by atoms with Crippen LogP contribution < -0.4 is 5.69 Å². The Morgan fingerprint density at radius 3 is 2.67 bits per heavy atom. The molecule has 0 bridgehead atoms. The number of rotatable bonds is 8. The van der Waals surface area contributed by atoms with E-state index >= 15 is 0 Å². The van der Waals surface area contributed by atoms with Gasteiger partial charge in [-0.3, -0.25) is 9.36 Å². The van der Waals surface area contributed by atoms with Gasteiger partial charge in [0.15, 0.2) is 10.9 Å². The number of carbonyl (C=O) groups excluding carboxylic acids is 1. The zero-order chi connectivity index (χ0) is 17.7.